The molecule has 2 nitrogen and oxygen atoms in total. The molecule has 0 aliphatic rings. The molecule has 0 unspecified atom stereocenters. The molecule has 0 saturated heterocycles. The molecule has 0 bridgehead atoms. The van der Waals surface area contributed by atoms with Gasteiger partial charge in [-0.25, -0.2) is 0 Å². The zero-order valence-electron chi connectivity index (χ0n) is 3.89. The maximum atomic E-state index is 3.36. The summed E-state index contributed by atoms with van der Waals surface area (Å²) in [4.78, 5) is 0. The molecule has 34 valence electrons. The molecule has 0 heterocycles. The third kappa shape index (κ3) is 286. The van der Waals surface area contributed by atoms with Crippen molar-refractivity contribution in [2.75, 3.05) is 0 Å². The van der Waals surface area contributed by atoms with Crippen LogP contribution >= 0.6 is 0 Å². The molecule has 2 N–H and O–H groups in total. The van der Waals surface area contributed by atoms with Crippen molar-refractivity contribution in [3.05, 3.63) is 12.7 Å². The maximum absolute atomic E-state index is 3.36. The van der Waals surface area contributed by atoms with E-state index in [-0.39, 0.29) is 34.0 Å². The fourth-order valence-corrected chi connectivity index (χ4v) is 0. The van der Waals surface area contributed by atoms with Crippen LogP contribution in [0.1, 0.15) is 6.92 Å². The second-order valence-electron chi connectivity index (χ2n) is 0.408. The van der Waals surface area contributed by atoms with Crippen LogP contribution in [0.4, 0.5) is 0 Å². The molecule has 0 aromatic rings. The summed E-state index contributed by atoms with van der Waals surface area (Å²) in [5.74, 6) is 0. The van der Waals surface area contributed by atoms with Crippen LogP contribution in [-0.2, 0) is 0 Å². The Bertz CT molecular complexity index is 16.3. The van der Waals surface area contributed by atoms with E-state index in [2.05, 4.69) is 6.58 Å². The van der Waals surface area contributed by atoms with Crippen LogP contribution in [0.5, 0.6) is 0 Å². The molecular weight excluding hydrogens is 92.3 g/mol. The smallest absolute Gasteiger partial charge is 0.870 e. The molecule has 3 heteroatoms. The Kier molecular flexibility index (Phi) is 280. The summed E-state index contributed by atoms with van der Waals surface area (Å²) in [5.41, 5.74) is 0. The van der Waals surface area contributed by atoms with E-state index in [0.717, 1.165) is 0 Å². The van der Waals surface area contributed by atoms with E-state index in [1.807, 2.05) is 6.92 Å². The van der Waals surface area contributed by atoms with Gasteiger partial charge in [0.15, 0.2) is 0 Å². The van der Waals surface area contributed by atoms with Gasteiger partial charge in [-0.2, -0.15) is 0 Å². The van der Waals surface area contributed by atoms with Crippen molar-refractivity contribution < 1.29 is 11.0 Å². The Morgan fingerprint density at radius 1 is 1.33 bits per heavy atom. The Labute approximate surface area is 54.0 Å². The summed E-state index contributed by atoms with van der Waals surface area (Å²) >= 11 is 0. The second-order valence-corrected chi connectivity index (χ2v) is 0.408. The van der Waals surface area contributed by atoms with Crippen LogP contribution in [-0.4, -0.2) is 34.0 Å². The summed E-state index contributed by atoms with van der Waals surface area (Å²) in [5, 5.41) is 0. The van der Waals surface area contributed by atoms with E-state index in [4.69, 9.17) is 0 Å². The fraction of sp³-hybridized carbons (Fsp3) is 0.333. The average Bonchev–Trinajstić information content (AvgIpc) is 0.918. The summed E-state index contributed by atoms with van der Waals surface area (Å²) < 4.78 is 0. The normalized spacial score (nSPS) is 2.17. The third-order valence-corrected chi connectivity index (χ3v) is 0. The van der Waals surface area contributed by atoms with Gasteiger partial charge in [-0.05, 0) is 6.92 Å². The number of rotatable bonds is 0. The minimum Gasteiger partial charge on any atom is -0.870 e. The summed E-state index contributed by atoms with van der Waals surface area (Å²) in [6.07, 6.45) is 1.75. The Hall–Kier alpha value is 0.426. The quantitative estimate of drug-likeness (QED) is 0.328. The van der Waals surface area contributed by atoms with E-state index >= 15 is 0 Å². The molecule has 0 spiro atoms. The van der Waals surface area contributed by atoms with Gasteiger partial charge in [-0.3, -0.25) is 0 Å². The van der Waals surface area contributed by atoms with Gasteiger partial charge >= 0.3 is 23.1 Å². The van der Waals surface area contributed by atoms with Gasteiger partial charge in [-0.15, -0.1) is 6.58 Å². The largest absolute Gasteiger partial charge is 2.00 e. The third-order valence-electron chi connectivity index (χ3n) is 0. The topological polar surface area (TPSA) is 60.0 Å². The van der Waals surface area contributed by atoms with Crippen LogP contribution in [0.2, 0.25) is 0 Å². The van der Waals surface area contributed by atoms with Gasteiger partial charge in [0.2, 0.25) is 0 Å². The molecule has 0 aromatic carbocycles. The first-order valence-electron chi connectivity index (χ1n) is 0.986. The van der Waals surface area contributed by atoms with Crippen LogP contribution in [0, 0.1) is 0 Å². The molecule has 0 atom stereocenters. The van der Waals surface area contributed by atoms with E-state index in [1.165, 1.54) is 0 Å². The molecule has 0 saturated carbocycles. The van der Waals surface area contributed by atoms with Crippen LogP contribution in [0.3, 0.4) is 0 Å². The van der Waals surface area contributed by atoms with Crippen LogP contribution < -0.4 is 0 Å². The standard InChI is InChI=1S/C3H6.Mg.2H2O/c1-3-2;;;/h3H,1H2,2H3;;2*1H2/q;+2;;/p-2. The molecule has 0 rings (SSSR count). The molecule has 0 aliphatic heterocycles. The van der Waals surface area contributed by atoms with Crippen LogP contribution in [0.25, 0.3) is 0 Å². The van der Waals surface area contributed by atoms with E-state index in [9.17, 15) is 0 Å². The van der Waals surface area contributed by atoms with Crippen molar-refractivity contribution in [3.63, 3.8) is 0 Å². The molecule has 6 heavy (non-hydrogen) atoms. The summed E-state index contributed by atoms with van der Waals surface area (Å²) in [7, 11) is 0. The zero-order valence-corrected chi connectivity index (χ0v) is 5.30. The number of hydrogen-bond donors (Lipinski definition) is 0. The molecule has 0 aromatic heterocycles. The zero-order chi connectivity index (χ0) is 2.71. The minimum atomic E-state index is 0. The van der Waals surface area contributed by atoms with E-state index in [0.29, 0.717) is 0 Å². The number of hydrogen-bond acceptors (Lipinski definition) is 2. The monoisotopic (exact) mass is 100 g/mol. The number of allylic oxidation sites excluding steroid dienone is 1. The van der Waals surface area contributed by atoms with Gasteiger partial charge in [0.05, 0.1) is 0 Å². The van der Waals surface area contributed by atoms with E-state index < -0.39 is 0 Å². The summed E-state index contributed by atoms with van der Waals surface area (Å²) in [6.45, 7) is 5.25. The first kappa shape index (κ1) is 32.1. The van der Waals surface area contributed by atoms with Crippen molar-refractivity contribution in [2.45, 2.75) is 6.92 Å². The first-order valence-corrected chi connectivity index (χ1v) is 0.986. The second kappa shape index (κ2) is 52.3. The Morgan fingerprint density at radius 2 is 1.33 bits per heavy atom. The predicted molar refractivity (Wildman–Crippen MR) is 25.5 cm³/mol. The predicted octanol–water partition coefficient (Wildman–Crippen LogP) is 0.458. The van der Waals surface area contributed by atoms with Crippen molar-refractivity contribution in [1.82, 2.24) is 0 Å². The van der Waals surface area contributed by atoms with Crippen molar-refractivity contribution >= 4 is 23.1 Å². The SMILES string of the molecule is C=CC.[Mg+2].[OH-].[OH-]. The molecule has 0 amide bonds. The van der Waals surface area contributed by atoms with Gasteiger partial charge in [-0.1, -0.05) is 6.08 Å². The molecular formula is C3H8MgO2. The van der Waals surface area contributed by atoms with Crippen molar-refractivity contribution in [2.24, 2.45) is 0 Å². The Morgan fingerprint density at radius 3 is 1.33 bits per heavy atom. The maximum Gasteiger partial charge on any atom is 2.00 e. The van der Waals surface area contributed by atoms with Gasteiger partial charge in [0.25, 0.3) is 0 Å². The fourth-order valence-electron chi connectivity index (χ4n) is 0. The Balaban J connectivity index is -0.00000000667. The summed E-state index contributed by atoms with van der Waals surface area (Å²) in [6, 6.07) is 0. The molecule has 0 fully saturated rings. The van der Waals surface area contributed by atoms with E-state index in [1.54, 1.807) is 6.08 Å². The first-order chi connectivity index (χ1) is 1.41. The van der Waals surface area contributed by atoms with Gasteiger partial charge in [0.1, 0.15) is 0 Å². The van der Waals surface area contributed by atoms with Crippen molar-refractivity contribution in [3.8, 4) is 0 Å². The van der Waals surface area contributed by atoms with Crippen LogP contribution in [0.15, 0.2) is 12.7 Å². The van der Waals surface area contributed by atoms with Crippen molar-refractivity contribution in [1.29, 1.82) is 0 Å². The van der Waals surface area contributed by atoms with Gasteiger partial charge < -0.3 is 11.0 Å². The average molecular weight is 100 g/mol. The molecule has 0 radical (unpaired) electrons. The molecule has 0 aliphatic carbocycles. The minimum absolute atomic E-state index is 0. The van der Waals surface area contributed by atoms with Gasteiger partial charge in [0, 0.05) is 0 Å².